The highest BCUT2D eigenvalue weighted by Gasteiger charge is 2.18. The maximum atomic E-state index is 11.9. The molecule has 0 saturated carbocycles. The molecule has 0 aliphatic heterocycles. The van der Waals surface area contributed by atoms with E-state index >= 15 is 0 Å². The van der Waals surface area contributed by atoms with Gasteiger partial charge in [0, 0.05) is 23.7 Å². The number of hydrogen-bond acceptors (Lipinski definition) is 3. The van der Waals surface area contributed by atoms with E-state index in [1.807, 2.05) is 29.1 Å². The molecule has 0 amide bonds. The Kier molecular flexibility index (Phi) is 3.10. The SMILES string of the molecule is CC(C)C(C)C(=O)Cc1cn2ccsc2n1. The highest BCUT2D eigenvalue weighted by Crippen LogP contribution is 2.16. The van der Waals surface area contributed by atoms with Gasteiger partial charge in [-0.1, -0.05) is 20.8 Å². The third-order valence-corrected chi connectivity index (χ3v) is 3.78. The number of carbonyl (C=O) groups is 1. The summed E-state index contributed by atoms with van der Waals surface area (Å²) in [5, 5.41) is 1.99. The van der Waals surface area contributed by atoms with E-state index in [4.69, 9.17) is 0 Å². The van der Waals surface area contributed by atoms with Gasteiger partial charge in [-0.15, -0.1) is 11.3 Å². The van der Waals surface area contributed by atoms with Crippen LogP contribution in [-0.2, 0) is 11.2 Å². The second-order valence-electron chi connectivity index (χ2n) is 4.50. The van der Waals surface area contributed by atoms with Gasteiger partial charge < -0.3 is 0 Å². The first-order valence-electron chi connectivity index (χ1n) is 5.51. The lowest BCUT2D eigenvalue weighted by Gasteiger charge is -2.12. The molecule has 86 valence electrons. The molecule has 2 aromatic rings. The van der Waals surface area contributed by atoms with E-state index in [0.29, 0.717) is 12.3 Å². The van der Waals surface area contributed by atoms with Crippen LogP contribution in [0.4, 0.5) is 0 Å². The largest absolute Gasteiger partial charge is 0.299 e. The van der Waals surface area contributed by atoms with Gasteiger partial charge in [-0.05, 0) is 5.92 Å². The summed E-state index contributed by atoms with van der Waals surface area (Å²) in [6.45, 7) is 6.15. The summed E-state index contributed by atoms with van der Waals surface area (Å²) in [7, 11) is 0. The van der Waals surface area contributed by atoms with E-state index in [2.05, 4.69) is 18.8 Å². The van der Waals surface area contributed by atoms with Gasteiger partial charge in [-0.2, -0.15) is 0 Å². The summed E-state index contributed by atoms with van der Waals surface area (Å²) < 4.78 is 1.97. The fourth-order valence-electron chi connectivity index (χ4n) is 1.57. The predicted octanol–water partition coefficient (Wildman–Crippen LogP) is 2.80. The molecule has 16 heavy (non-hydrogen) atoms. The van der Waals surface area contributed by atoms with Crippen LogP contribution in [0.15, 0.2) is 17.8 Å². The summed E-state index contributed by atoms with van der Waals surface area (Å²) in [4.78, 5) is 17.3. The highest BCUT2D eigenvalue weighted by atomic mass is 32.1. The van der Waals surface area contributed by atoms with Crippen molar-refractivity contribution in [2.75, 3.05) is 0 Å². The third-order valence-electron chi connectivity index (χ3n) is 3.01. The smallest absolute Gasteiger partial charge is 0.193 e. The molecule has 0 aliphatic carbocycles. The molecule has 0 saturated heterocycles. The van der Waals surface area contributed by atoms with Crippen LogP contribution in [0.25, 0.3) is 4.96 Å². The Morgan fingerprint density at radius 1 is 1.50 bits per heavy atom. The molecular weight excluding hydrogens is 220 g/mol. The topological polar surface area (TPSA) is 34.4 Å². The molecule has 1 atom stereocenters. The molecule has 2 heterocycles. The molecule has 4 heteroatoms. The fraction of sp³-hybridized carbons (Fsp3) is 0.500. The average Bonchev–Trinajstić information content (AvgIpc) is 2.76. The number of carbonyl (C=O) groups excluding carboxylic acids is 1. The van der Waals surface area contributed by atoms with Gasteiger partial charge in [0.2, 0.25) is 0 Å². The third kappa shape index (κ3) is 2.16. The zero-order valence-corrected chi connectivity index (χ0v) is 10.6. The zero-order chi connectivity index (χ0) is 11.7. The Bertz CT molecular complexity index is 469. The Morgan fingerprint density at radius 2 is 2.25 bits per heavy atom. The van der Waals surface area contributed by atoms with Crippen molar-refractivity contribution in [3.8, 4) is 0 Å². The average molecular weight is 236 g/mol. The minimum absolute atomic E-state index is 0.111. The van der Waals surface area contributed by atoms with Crippen molar-refractivity contribution in [1.82, 2.24) is 9.38 Å². The lowest BCUT2D eigenvalue weighted by Crippen LogP contribution is -2.18. The summed E-state index contributed by atoms with van der Waals surface area (Å²) in [5.74, 6) is 0.789. The Morgan fingerprint density at radius 3 is 2.88 bits per heavy atom. The maximum absolute atomic E-state index is 11.9. The van der Waals surface area contributed by atoms with Crippen molar-refractivity contribution in [3.05, 3.63) is 23.5 Å². The number of fused-ring (bicyclic) bond motifs is 1. The molecule has 0 bridgehead atoms. The van der Waals surface area contributed by atoms with Crippen LogP contribution in [0.2, 0.25) is 0 Å². The number of hydrogen-bond donors (Lipinski definition) is 0. The minimum Gasteiger partial charge on any atom is -0.299 e. The normalized spacial score (nSPS) is 13.5. The van der Waals surface area contributed by atoms with E-state index in [1.165, 1.54) is 0 Å². The molecule has 0 N–H and O–H groups in total. The maximum Gasteiger partial charge on any atom is 0.193 e. The molecule has 0 fully saturated rings. The summed E-state index contributed by atoms with van der Waals surface area (Å²) in [5.41, 5.74) is 0.879. The van der Waals surface area contributed by atoms with Crippen LogP contribution in [0, 0.1) is 11.8 Å². The van der Waals surface area contributed by atoms with Gasteiger partial charge in [0.05, 0.1) is 12.1 Å². The first-order valence-corrected chi connectivity index (χ1v) is 6.39. The van der Waals surface area contributed by atoms with Crippen molar-refractivity contribution in [2.24, 2.45) is 11.8 Å². The second kappa shape index (κ2) is 4.37. The van der Waals surface area contributed by atoms with Gasteiger partial charge in [-0.25, -0.2) is 4.98 Å². The van der Waals surface area contributed by atoms with Crippen LogP contribution >= 0.6 is 11.3 Å². The summed E-state index contributed by atoms with van der Waals surface area (Å²) >= 11 is 1.59. The van der Waals surface area contributed by atoms with Crippen LogP contribution in [-0.4, -0.2) is 15.2 Å². The van der Waals surface area contributed by atoms with Crippen LogP contribution in [0.5, 0.6) is 0 Å². The van der Waals surface area contributed by atoms with Crippen molar-refractivity contribution >= 4 is 22.1 Å². The highest BCUT2D eigenvalue weighted by molar-refractivity contribution is 7.15. The Hall–Kier alpha value is -1.16. The fourth-order valence-corrected chi connectivity index (χ4v) is 2.29. The van der Waals surface area contributed by atoms with Crippen LogP contribution in [0.3, 0.4) is 0 Å². The van der Waals surface area contributed by atoms with E-state index in [1.54, 1.807) is 11.3 Å². The van der Waals surface area contributed by atoms with Crippen LogP contribution < -0.4 is 0 Å². The summed E-state index contributed by atoms with van der Waals surface area (Å²) in [6.07, 6.45) is 4.36. The monoisotopic (exact) mass is 236 g/mol. The van der Waals surface area contributed by atoms with Gasteiger partial charge in [0.1, 0.15) is 5.78 Å². The van der Waals surface area contributed by atoms with Gasteiger partial charge in [0.15, 0.2) is 4.96 Å². The predicted molar refractivity (Wildman–Crippen MR) is 65.8 cm³/mol. The van der Waals surface area contributed by atoms with Gasteiger partial charge in [-0.3, -0.25) is 9.20 Å². The van der Waals surface area contributed by atoms with Gasteiger partial charge in [0.25, 0.3) is 0 Å². The van der Waals surface area contributed by atoms with E-state index in [9.17, 15) is 4.79 Å². The van der Waals surface area contributed by atoms with Crippen molar-refractivity contribution in [3.63, 3.8) is 0 Å². The lowest BCUT2D eigenvalue weighted by molar-refractivity contribution is -0.122. The summed E-state index contributed by atoms with van der Waals surface area (Å²) in [6, 6.07) is 0. The van der Waals surface area contributed by atoms with Crippen molar-refractivity contribution in [1.29, 1.82) is 0 Å². The Labute approximate surface area is 99.1 Å². The molecule has 0 aliphatic rings. The number of nitrogens with zero attached hydrogens (tertiary/aromatic N) is 2. The molecule has 3 nitrogen and oxygen atoms in total. The molecule has 0 radical (unpaired) electrons. The quantitative estimate of drug-likeness (QED) is 0.818. The number of aromatic nitrogens is 2. The van der Waals surface area contributed by atoms with E-state index in [0.717, 1.165) is 10.7 Å². The van der Waals surface area contributed by atoms with Gasteiger partial charge >= 0.3 is 0 Å². The van der Waals surface area contributed by atoms with E-state index in [-0.39, 0.29) is 11.7 Å². The number of Topliss-reactive ketones (excluding diaryl/α,β-unsaturated/α-hetero) is 1. The van der Waals surface area contributed by atoms with Crippen molar-refractivity contribution in [2.45, 2.75) is 27.2 Å². The molecule has 0 spiro atoms. The lowest BCUT2D eigenvalue weighted by atomic mass is 9.91. The molecule has 1 unspecified atom stereocenters. The van der Waals surface area contributed by atoms with E-state index < -0.39 is 0 Å². The minimum atomic E-state index is 0.111. The zero-order valence-electron chi connectivity index (χ0n) is 9.80. The molecule has 2 rings (SSSR count). The Balaban J connectivity index is 2.10. The number of thiazole rings is 1. The molecular formula is C12H16N2OS. The molecule has 0 aromatic carbocycles. The van der Waals surface area contributed by atoms with Crippen molar-refractivity contribution < 1.29 is 4.79 Å². The first-order chi connectivity index (χ1) is 7.58. The first kappa shape index (κ1) is 11.3. The molecule has 2 aromatic heterocycles. The number of ketones is 1. The number of rotatable bonds is 4. The standard InChI is InChI=1S/C12H16N2OS/c1-8(2)9(3)11(15)6-10-7-14-4-5-16-12(14)13-10/h4-5,7-9H,6H2,1-3H3. The second-order valence-corrected chi connectivity index (χ2v) is 5.37. The van der Waals surface area contributed by atoms with Crippen LogP contribution in [0.1, 0.15) is 26.5 Å². The number of imidazole rings is 1.